The van der Waals surface area contributed by atoms with Gasteiger partial charge in [-0.15, -0.1) is 5.10 Å². The Labute approximate surface area is 124 Å². The normalized spacial score (nSPS) is 24.0. The van der Waals surface area contributed by atoms with Crippen molar-refractivity contribution in [3.8, 4) is 0 Å². The van der Waals surface area contributed by atoms with Gasteiger partial charge in [-0.3, -0.25) is 5.10 Å². The van der Waals surface area contributed by atoms with E-state index < -0.39 is 0 Å². The maximum Gasteiger partial charge on any atom is 0.244 e. The minimum absolute atomic E-state index is 0.0756. The second-order valence-corrected chi connectivity index (χ2v) is 6.23. The number of benzene rings is 1. The highest BCUT2D eigenvalue weighted by Gasteiger charge is 2.49. The molecule has 1 atom stereocenters. The molecule has 2 aromatic rings. The van der Waals surface area contributed by atoms with E-state index in [1.807, 2.05) is 0 Å². The van der Waals surface area contributed by atoms with Crippen LogP contribution in [0.15, 0.2) is 30.3 Å². The molecule has 1 aliphatic heterocycles. The van der Waals surface area contributed by atoms with Crippen LogP contribution < -0.4 is 10.2 Å². The molecule has 2 fully saturated rings. The van der Waals surface area contributed by atoms with E-state index in [0.717, 1.165) is 44.2 Å². The summed E-state index contributed by atoms with van der Waals surface area (Å²) in [7, 11) is 0. The Hall–Kier alpha value is -1.88. The van der Waals surface area contributed by atoms with E-state index in [1.54, 1.807) is 0 Å². The van der Waals surface area contributed by atoms with Gasteiger partial charge in [-0.2, -0.15) is 4.98 Å². The van der Waals surface area contributed by atoms with E-state index in [2.05, 4.69) is 57.7 Å². The maximum absolute atomic E-state index is 4.81. The summed E-state index contributed by atoms with van der Waals surface area (Å²) in [5.74, 6) is 1.87. The highest BCUT2D eigenvalue weighted by Crippen LogP contribution is 2.52. The molecule has 2 N–H and O–H groups in total. The Kier molecular flexibility index (Phi) is 2.96. The molecule has 5 heteroatoms. The largest absolute Gasteiger partial charge is 0.337 e. The third kappa shape index (κ3) is 2.21. The van der Waals surface area contributed by atoms with Crippen molar-refractivity contribution in [3.63, 3.8) is 0 Å². The zero-order chi connectivity index (χ0) is 14.3. The summed E-state index contributed by atoms with van der Waals surface area (Å²) in [6.07, 6.45) is 2.31. The highest BCUT2D eigenvalue weighted by molar-refractivity contribution is 5.41. The molecule has 0 amide bonds. The van der Waals surface area contributed by atoms with Crippen molar-refractivity contribution in [2.75, 3.05) is 24.5 Å². The first-order chi connectivity index (χ1) is 10.3. The lowest BCUT2D eigenvalue weighted by atomic mass is 9.95. The molecule has 0 spiro atoms. The summed E-state index contributed by atoms with van der Waals surface area (Å²) in [5, 5.41) is 11.1. The molecule has 1 aliphatic carbocycles. The minimum atomic E-state index is 0.0756. The summed E-state index contributed by atoms with van der Waals surface area (Å²) in [6, 6.07) is 11.2. The molecular formula is C16H21N5. The molecule has 21 heavy (non-hydrogen) atoms. The Morgan fingerprint density at radius 3 is 2.76 bits per heavy atom. The first-order valence-electron chi connectivity index (χ1n) is 7.75. The predicted octanol–water partition coefficient (Wildman–Crippen LogP) is 1.68. The van der Waals surface area contributed by atoms with Crippen LogP contribution in [0.25, 0.3) is 0 Å². The number of anilines is 1. The van der Waals surface area contributed by atoms with Gasteiger partial charge in [-0.1, -0.05) is 30.3 Å². The van der Waals surface area contributed by atoms with Gasteiger partial charge < -0.3 is 10.2 Å². The number of nitrogens with one attached hydrogen (secondary N) is 2. The standard InChI is InChI=1S/C16H21N5/c1-12-11-21(10-9-17-12)15-18-14(19-20-15)16(7-8-16)13-5-3-2-4-6-13/h2-6,12,17H,7-11H2,1H3,(H,18,19,20)/t12-/m0/s1. The maximum atomic E-state index is 4.81. The molecule has 2 heterocycles. The average Bonchev–Trinajstić information content (AvgIpc) is 3.18. The van der Waals surface area contributed by atoms with E-state index in [1.165, 1.54) is 5.56 Å². The van der Waals surface area contributed by atoms with E-state index in [9.17, 15) is 0 Å². The third-order valence-corrected chi connectivity index (χ3v) is 4.65. The fourth-order valence-electron chi connectivity index (χ4n) is 3.27. The molecule has 1 saturated heterocycles. The number of hydrogen-bond donors (Lipinski definition) is 2. The minimum Gasteiger partial charge on any atom is -0.337 e. The van der Waals surface area contributed by atoms with Crippen LogP contribution in [-0.2, 0) is 5.41 Å². The number of rotatable bonds is 3. The molecular weight excluding hydrogens is 262 g/mol. The molecule has 110 valence electrons. The van der Waals surface area contributed by atoms with Gasteiger partial charge in [0.15, 0.2) is 0 Å². The summed E-state index contributed by atoms with van der Waals surface area (Å²) in [4.78, 5) is 7.08. The number of piperazine rings is 1. The van der Waals surface area contributed by atoms with Crippen LogP contribution in [0.1, 0.15) is 31.2 Å². The van der Waals surface area contributed by atoms with E-state index in [4.69, 9.17) is 4.98 Å². The first kappa shape index (κ1) is 12.8. The van der Waals surface area contributed by atoms with E-state index >= 15 is 0 Å². The smallest absolute Gasteiger partial charge is 0.244 e. The summed E-state index contributed by atoms with van der Waals surface area (Å²) in [5.41, 5.74) is 1.42. The molecule has 1 aromatic carbocycles. The SMILES string of the molecule is C[C@H]1CN(c2n[nH]c(C3(c4ccccc4)CC3)n2)CCN1. The fourth-order valence-corrected chi connectivity index (χ4v) is 3.27. The van der Waals surface area contributed by atoms with Crippen molar-refractivity contribution in [1.82, 2.24) is 20.5 Å². The Morgan fingerprint density at radius 1 is 1.24 bits per heavy atom. The molecule has 5 nitrogen and oxygen atoms in total. The zero-order valence-corrected chi connectivity index (χ0v) is 12.3. The van der Waals surface area contributed by atoms with Crippen LogP contribution in [-0.4, -0.2) is 40.9 Å². The molecule has 2 aliphatic rings. The summed E-state index contributed by atoms with van der Waals surface area (Å²) < 4.78 is 0. The lowest BCUT2D eigenvalue weighted by molar-refractivity contribution is 0.479. The zero-order valence-electron chi connectivity index (χ0n) is 12.3. The van der Waals surface area contributed by atoms with Gasteiger partial charge in [0.05, 0.1) is 5.41 Å². The number of aromatic nitrogens is 3. The summed E-state index contributed by atoms with van der Waals surface area (Å²) >= 11 is 0. The van der Waals surface area contributed by atoms with Crippen molar-refractivity contribution in [2.24, 2.45) is 0 Å². The van der Waals surface area contributed by atoms with Gasteiger partial charge in [0, 0.05) is 25.7 Å². The molecule has 0 radical (unpaired) electrons. The van der Waals surface area contributed by atoms with Gasteiger partial charge >= 0.3 is 0 Å². The van der Waals surface area contributed by atoms with Crippen LogP contribution in [0.2, 0.25) is 0 Å². The number of H-pyrrole nitrogens is 1. The van der Waals surface area contributed by atoms with Gasteiger partial charge in [-0.25, -0.2) is 0 Å². The third-order valence-electron chi connectivity index (χ3n) is 4.65. The average molecular weight is 283 g/mol. The molecule has 0 unspecified atom stereocenters. The van der Waals surface area contributed by atoms with Crippen molar-refractivity contribution < 1.29 is 0 Å². The number of aromatic amines is 1. The second-order valence-electron chi connectivity index (χ2n) is 6.23. The van der Waals surface area contributed by atoms with Crippen LogP contribution >= 0.6 is 0 Å². The molecule has 0 bridgehead atoms. The highest BCUT2D eigenvalue weighted by atomic mass is 15.4. The molecule has 4 rings (SSSR count). The van der Waals surface area contributed by atoms with Gasteiger partial charge in [-0.05, 0) is 25.3 Å². The monoisotopic (exact) mass is 283 g/mol. The lowest BCUT2D eigenvalue weighted by Gasteiger charge is -2.30. The second kappa shape index (κ2) is 4.84. The Morgan fingerprint density at radius 2 is 2.05 bits per heavy atom. The van der Waals surface area contributed by atoms with Gasteiger partial charge in [0.1, 0.15) is 5.82 Å². The topological polar surface area (TPSA) is 56.8 Å². The fraction of sp³-hybridized carbons (Fsp3) is 0.500. The van der Waals surface area contributed by atoms with Crippen LogP contribution in [0, 0.1) is 0 Å². The van der Waals surface area contributed by atoms with Crippen LogP contribution in [0.3, 0.4) is 0 Å². The van der Waals surface area contributed by atoms with Crippen molar-refractivity contribution in [3.05, 3.63) is 41.7 Å². The predicted molar refractivity (Wildman–Crippen MR) is 82.5 cm³/mol. The first-order valence-corrected chi connectivity index (χ1v) is 7.75. The lowest BCUT2D eigenvalue weighted by Crippen LogP contribution is -2.49. The quantitative estimate of drug-likeness (QED) is 0.900. The van der Waals surface area contributed by atoms with Crippen LogP contribution in [0.4, 0.5) is 5.95 Å². The van der Waals surface area contributed by atoms with Crippen molar-refractivity contribution >= 4 is 5.95 Å². The van der Waals surface area contributed by atoms with Gasteiger partial charge in [0.2, 0.25) is 5.95 Å². The Bertz CT molecular complexity index is 617. The van der Waals surface area contributed by atoms with E-state index in [-0.39, 0.29) is 5.41 Å². The Balaban J connectivity index is 1.60. The van der Waals surface area contributed by atoms with Gasteiger partial charge in [0.25, 0.3) is 0 Å². The van der Waals surface area contributed by atoms with Crippen LogP contribution in [0.5, 0.6) is 0 Å². The number of nitrogens with zero attached hydrogens (tertiary/aromatic N) is 3. The molecule has 1 saturated carbocycles. The van der Waals surface area contributed by atoms with Crippen molar-refractivity contribution in [1.29, 1.82) is 0 Å². The summed E-state index contributed by atoms with van der Waals surface area (Å²) in [6.45, 7) is 5.14. The number of hydrogen-bond acceptors (Lipinski definition) is 4. The van der Waals surface area contributed by atoms with Crippen molar-refractivity contribution in [2.45, 2.75) is 31.2 Å². The molecule has 1 aromatic heterocycles. The van der Waals surface area contributed by atoms with E-state index in [0.29, 0.717) is 6.04 Å².